The van der Waals surface area contributed by atoms with Gasteiger partial charge in [0.25, 0.3) is 5.91 Å². The fourth-order valence-electron chi connectivity index (χ4n) is 2.43. The summed E-state index contributed by atoms with van der Waals surface area (Å²) >= 11 is 0. The molecule has 0 spiro atoms. The molecule has 110 valence electrons. The van der Waals surface area contributed by atoms with Crippen molar-refractivity contribution in [3.05, 3.63) is 58.7 Å². The van der Waals surface area contributed by atoms with Crippen molar-refractivity contribution in [2.75, 3.05) is 5.32 Å². The third kappa shape index (κ3) is 3.24. The van der Waals surface area contributed by atoms with Gasteiger partial charge in [-0.25, -0.2) is 0 Å². The van der Waals surface area contributed by atoms with E-state index in [1.54, 1.807) is 12.1 Å². The standard InChI is InChI=1S/C18H21NO2/c1-11(2)15-7-5-6-12(3)17(15)19-18(21)16-9-8-14(20)10-13(16)4/h5-11,20H,1-4H3,(H,19,21). The summed E-state index contributed by atoms with van der Waals surface area (Å²) in [5.74, 6) is 0.354. The van der Waals surface area contributed by atoms with E-state index in [-0.39, 0.29) is 11.7 Å². The molecule has 0 atom stereocenters. The van der Waals surface area contributed by atoms with Gasteiger partial charge in [-0.1, -0.05) is 32.0 Å². The smallest absolute Gasteiger partial charge is 0.255 e. The summed E-state index contributed by atoms with van der Waals surface area (Å²) in [5, 5.41) is 12.5. The van der Waals surface area contributed by atoms with Crippen LogP contribution in [0.3, 0.4) is 0 Å². The van der Waals surface area contributed by atoms with Crippen LogP contribution in [0, 0.1) is 13.8 Å². The fraction of sp³-hybridized carbons (Fsp3) is 0.278. The molecule has 2 aromatic carbocycles. The monoisotopic (exact) mass is 283 g/mol. The average molecular weight is 283 g/mol. The van der Waals surface area contributed by atoms with Gasteiger partial charge in [0.2, 0.25) is 0 Å². The number of phenolic OH excluding ortho intramolecular Hbond substituents is 1. The number of para-hydroxylation sites is 1. The Morgan fingerprint density at radius 3 is 2.43 bits per heavy atom. The first-order chi connectivity index (χ1) is 9.90. The van der Waals surface area contributed by atoms with Crippen molar-refractivity contribution in [2.45, 2.75) is 33.6 Å². The van der Waals surface area contributed by atoms with E-state index >= 15 is 0 Å². The Kier molecular flexibility index (Phi) is 4.32. The maximum atomic E-state index is 12.5. The summed E-state index contributed by atoms with van der Waals surface area (Å²) in [5.41, 5.74) is 4.38. The first-order valence-electron chi connectivity index (χ1n) is 7.10. The second-order valence-electron chi connectivity index (χ2n) is 5.65. The molecule has 0 unspecified atom stereocenters. The zero-order chi connectivity index (χ0) is 15.6. The lowest BCUT2D eigenvalue weighted by Gasteiger charge is -2.17. The van der Waals surface area contributed by atoms with Crippen LogP contribution in [0.2, 0.25) is 0 Å². The van der Waals surface area contributed by atoms with Crippen molar-refractivity contribution >= 4 is 11.6 Å². The topological polar surface area (TPSA) is 49.3 Å². The molecule has 1 amide bonds. The van der Waals surface area contributed by atoms with Crippen LogP contribution in [-0.4, -0.2) is 11.0 Å². The number of hydrogen-bond acceptors (Lipinski definition) is 2. The normalized spacial score (nSPS) is 10.7. The third-order valence-corrected chi connectivity index (χ3v) is 3.62. The third-order valence-electron chi connectivity index (χ3n) is 3.62. The van der Waals surface area contributed by atoms with E-state index in [0.29, 0.717) is 11.5 Å². The first-order valence-corrected chi connectivity index (χ1v) is 7.10. The minimum absolute atomic E-state index is 0.149. The van der Waals surface area contributed by atoms with Gasteiger partial charge in [-0.05, 0) is 54.7 Å². The molecule has 0 aliphatic rings. The molecule has 0 bridgehead atoms. The number of carbonyl (C=O) groups excluding carboxylic acids is 1. The van der Waals surface area contributed by atoms with Crippen LogP contribution in [0.4, 0.5) is 5.69 Å². The lowest BCUT2D eigenvalue weighted by Crippen LogP contribution is -2.15. The van der Waals surface area contributed by atoms with Gasteiger partial charge >= 0.3 is 0 Å². The number of aryl methyl sites for hydroxylation is 2. The van der Waals surface area contributed by atoms with Crippen molar-refractivity contribution in [3.63, 3.8) is 0 Å². The van der Waals surface area contributed by atoms with Crippen LogP contribution in [0.25, 0.3) is 0 Å². The Balaban J connectivity index is 2.36. The van der Waals surface area contributed by atoms with Crippen LogP contribution in [0.1, 0.15) is 46.8 Å². The van der Waals surface area contributed by atoms with Crippen LogP contribution in [0.15, 0.2) is 36.4 Å². The van der Waals surface area contributed by atoms with Crippen molar-refractivity contribution in [1.29, 1.82) is 0 Å². The summed E-state index contributed by atoms with van der Waals surface area (Å²) in [6, 6.07) is 10.8. The van der Waals surface area contributed by atoms with E-state index in [1.807, 2.05) is 32.0 Å². The zero-order valence-corrected chi connectivity index (χ0v) is 12.9. The van der Waals surface area contributed by atoms with Gasteiger partial charge in [-0.3, -0.25) is 4.79 Å². The average Bonchev–Trinajstić information content (AvgIpc) is 2.40. The van der Waals surface area contributed by atoms with Gasteiger partial charge in [0, 0.05) is 11.3 Å². The molecule has 0 aliphatic carbocycles. The Morgan fingerprint density at radius 1 is 1.10 bits per heavy atom. The van der Waals surface area contributed by atoms with Gasteiger partial charge < -0.3 is 10.4 Å². The van der Waals surface area contributed by atoms with E-state index in [1.165, 1.54) is 6.07 Å². The van der Waals surface area contributed by atoms with Gasteiger partial charge in [-0.2, -0.15) is 0 Å². The maximum absolute atomic E-state index is 12.5. The predicted octanol–water partition coefficient (Wildman–Crippen LogP) is 4.38. The molecule has 2 aromatic rings. The van der Waals surface area contributed by atoms with E-state index in [2.05, 4.69) is 19.2 Å². The number of rotatable bonds is 3. The Labute approximate surface area is 125 Å². The number of hydrogen-bond donors (Lipinski definition) is 2. The molecule has 3 heteroatoms. The van der Waals surface area contributed by atoms with Gasteiger partial charge in [0.1, 0.15) is 5.75 Å². The SMILES string of the molecule is Cc1cc(O)ccc1C(=O)Nc1c(C)cccc1C(C)C. The predicted molar refractivity (Wildman–Crippen MR) is 86.1 cm³/mol. The zero-order valence-electron chi connectivity index (χ0n) is 12.9. The molecule has 2 N–H and O–H groups in total. The minimum Gasteiger partial charge on any atom is -0.508 e. The van der Waals surface area contributed by atoms with Gasteiger partial charge in [0.15, 0.2) is 0 Å². The summed E-state index contributed by atoms with van der Waals surface area (Å²) in [6.07, 6.45) is 0. The molecular weight excluding hydrogens is 262 g/mol. The Hall–Kier alpha value is -2.29. The van der Waals surface area contributed by atoms with Crippen LogP contribution >= 0.6 is 0 Å². The number of nitrogens with one attached hydrogen (secondary N) is 1. The van der Waals surface area contributed by atoms with Crippen LogP contribution in [-0.2, 0) is 0 Å². The van der Waals surface area contributed by atoms with E-state index in [4.69, 9.17) is 0 Å². The molecule has 0 saturated carbocycles. The molecule has 0 fully saturated rings. The van der Waals surface area contributed by atoms with Gasteiger partial charge in [0.05, 0.1) is 0 Å². The highest BCUT2D eigenvalue weighted by Gasteiger charge is 2.14. The van der Waals surface area contributed by atoms with Crippen LogP contribution < -0.4 is 5.32 Å². The van der Waals surface area contributed by atoms with Crippen molar-refractivity contribution in [1.82, 2.24) is 0 Å². The minimum atomic E-state index is -0.149. The Morgan fingerprint density at radius 2 is 1.81 bits per heavy atom. The molecule has 0 radical (unpaired) electrons. The highest BCUT2D eigenvalue weighted by molar-refractivity contribution is 6.06. The van der Waals surface area contributed by atoms with E-state index < -0.39 is 0 Å². The maximum Gasteiger partial charge on any atom is 0.255 e. The van der Waals surface area contributed by atoms with Crippen molar-refractivity contribution < 1.29 is 9.90 Å². The molecular formula is C18H21NO2. The van der Waals surface area contributed by atoms with E-state index in [0.717, 1.165) is 22.4 Å². The highest BCUT2D eigenvalue weighted by atomic mass is 16.3. The molecule has 3 nitrogen and oxygen atoms in total. The molecule has 2 rings (SSSR count). The number of aromatic hydroxyl groups is 1. The summed E-state index contributed by atoms with van der Waals surface area (Å²) in [6.45, 7) is 8.02. The highest BCUT2D eigenvalue weighted by Crippen LogP contribution is 2.28. The quantitative estimate of drug-likeness (QED) is 0.878. The summed E-state index contributed by atoms with van der Waals surface area (Å²) in [4.78, 5) is 12.5. The molecule has 0 heterocycles. The Bertz CT molecular complexity index is 675. The number of benzene rings is 2. The lowest BCUT2D eigenvalue weighted by atomic mass is 9.97. The van der Waals surface area contributed by atoms with Gasteiger partial charge in [-0.15, -0.1) is 0 Å². The second kappa shape index (κ2) is 6.00. The largest absolute Gasteiger partial charge is 0.508 e. The first kappa shape index (κ1) is 15.1. The summed E-state index contributed by atoms with van der Waals surface area (Å²) in [7, 11) is 0. The molecule has 21 heavy (non-hydrogen) atoms. The van der Waals surface area contributed by atoms with Crippen LogP contribution in [0.5, 0.6) is 5.75 Å². The number of amides is 1. The van der Waals surface area contributed by atoms with Crippen molar-refractivity contribution in [3.8, 4) is 5.75 Å². The van der Waals surface area contributed by atoms with Crippen molar-refractivity contribution in [2.24, 2.45) is 0 Å². The lowest BCUT2D eigenvalue weighted by molar-refractivity contribution is 0.102. The second-order valence-corrected chi connectivity index (χ2v) is 5.65. The summed E-state index contributed by atoms with van der Waals surface area (Å²) < 4.78 is 0. The number of phenols is 1. The molecule has 0 saturated heterocycles. The van der Waals surface area contributed by atoms with E-state index in [9.17, 15) is 9.90 Å². The molecule has 0 aromatic heterocycles. The molecule has 0 aliphatic heterocycles. The number of carbonyl (C=O) groups is 1. The number of anilines is 1. The fourth-order valence-corrected chi connectivity index (χ4v) is 2.43.